The van der Waals surface area contributed by atoms with E-state index in [-0.39, 0.29) is 11.7 Å². The van der Waals surface area contributed by atoms with E-state index in [1.54, 1.807) is 0 Å². The molecule has 0 aromatic carbocycles. The van der Waals surface area contributed by atoms with Crippen molar-refractivity contribution >= 4 is 34.1 Å². The molecule has 21 heavy (non-hydrogen) atoms. The first-order valence-electron chi connectivity index (χ1n) is 6.73. The highest BCUT2D eigenvalue weighted by atomic mass is 32.2. The number of aromatic nitrogens is 6. The summed E-state index contributed by atoms with van der Waals surface area (Å²) in [7, 11) is 0. The number of nitrogens with zero attached hydrogens (tertiary/aromatic N) is 6. The number of tetrazole rings is 1. The number of aryl methyl sites for hydroxylation is 1. The molecule has 1 fully saturated rings. The van der Waals surface area contributed by atoms with Gasteiger partial charge in [-0.2, -0.15) is 0 Å². The van der Waals surface area contributed by atoms with Crippen molar-refractivity contribution in [2.75, 3.05) is 11.1 Å². The van der Waals surface area contributed by atoms with E-state index < -0.39 is 0 Å². The molecular weight excluding hydrogens is 310 g/mol. The quantitative estimate of drug-likeness (QED) is 0.835. The molecule has 0 spiro atoms. The second-order valence-corrected chi connectivity index (χ2v) is 6.93. The lowest BCUT2D eigenvalue weighted by Gasteiger charge is -2.10. The Bertz CT molecular complexity index is 620. The van der Waals surface area contributed by atoms with Gasteiger partial charge in [-0.1, -0.05) is 35.9 Å². The van der Waals surface area contributed by atoms with Gasteiger partial charge in [0.2, 0.25) is 16.2 Å². The highest BCUT2D eigenvalue weighted by molar-refractivity contribution is 7.99. The maximum atomic E-state index is 11.9. The zero-order valence-corrected chi connectivity index (χ0v) is 13.2. The van der Waals surface area contributed by atoms with Gasteiger partial charge in [-0.3, -0.25) is 10.1 Å². The molecule has 10 heteroatoms. The fraction of sp³-hybridized carbons (Fsp3) is 0.636. The SMILES string of the molecule is Cc1nnc(NC(=O)CSc2nnnn2C2CCCC2)s1. The fourth-order valence-electron chi connectivity index (χ4n) is 2.29. The van der Waals surface area contributed by atoms with Crippen molar-refractivity contribution in [3.8, 4) is 0 Å². The third kappa shape index (κ3) is 3.56. The maximum Gasteiger partial charge on any atom is 0.236 e. The lowest BCUT2D eigenvalue weighted by molar-refractivity contribution is -0.113. The van der Waals surface area contributed by atoms with Crippen molar-refractivity contribution in [2.45, 2.75) is 43.8 Å². The van der Waals surface area contributed by atoms with Crippen LogP contribution in [-0.4, -0.2) is 42.1 Å². The number of carbonyl (C=O) groups excluding carboxylic acids is 1. The molecule has 1 saturated carbocycles. The monoisotopic (exact) mass is 325 g/mol. The number of hydrogen-bond acceptors (Lipinski definition) is 8. The van der Waals surface area contributed by atoms with Crippen LogP contribution in [-0.2, 0) is 4.79 Å². The zero-order valence-electron chi connectivity index (χ0n) is 11.5. The average molecular weight is 325 g/mol. The molecule has 1 aliphatic carbocycles. The number of hydrogen-bond donors (Lipinski definition) is 1. The summed E-state index contributed by atoms with van der Waals surface area (Å²) in [6.07, 6.45) is 4.64. The van der Waals surface area contributed by atoms with Crippen molar-refractivity contribution in [1.29, 1.82) is 0 Å². The van der Waals surface area contributed by atoms with Gasteiger partial charge < -0.3 is 0 Å². The van der Waals surface area contributed by atoms with Gasteiger partial charge in [-0.15, -0.1) is 15.3 Å². The van der Waals surface area contributed by atoms with Gasteiger partial charge in [0.1, 0.15) is 5.01 Å². The number of nitrogens with one attached hydrogen (secondary N) is 1. The maximum absolute atomic E-state index is 11.9. The Kier molecular flexibility index (Phi) is 4.44. The van der Waals surface area contributed by atoms with Crippen molar-refractivity contribution in [1.82, 2.24) is 30.4 Å². The van der Waals surface area contributed by atoms with Crippen LogP contribution in [0.4, 0.5) is 5.13 Å². The van der Waals surface area contributed by atoms with Crippen LogP contribution < -0.4 is 5.32 Å². The Balaban J connectivity index is 1.55. The van der Waals surface area contributed by atoms with E-state index in [1.807, 2.05) is 11.6 Å². The molecule has 0 aliphatic heterocycles. The summed E-state index contributed by atoms with van der Waals surface area (Å²) in [5.74, 6) is 0.128. The smallest absolute Gasteiger partial charge is 0.236 e. The lowest BCUT2D eigenvalue weighted by atomic mass is 10.3. The van der Waals surface area contributed by atoms with E-state index in [0.29, 0.717) is 16.3 Å². The Morgan fingerprint density at radius 3 is 2.90 bits per heavy atom. The molecule has 0 unspecified atom stereocenters. The minimum atomic E-state index is -0.128. The standard InChI is InChI=1S/C11H15N7OS2/c1-7-13-14-10(21-7)12-9(19)6-20-11-15-16-17-18(11)8-4-2-3-5-8/h8H,2-6H2,1H3,(H,12,14,19). The van der Waals surface area contributed by atoms with Gasteiger partial charge >= 0.3 is 0 Å². The molecule has 2 aromatic rings. The molecule has 1 N–H and O–H groups in total. The van der Waals surface area contributed by atoms with Gasteiger partial charge in [-0.25, -0.2) is 4.68 Å². The summed E-state index contributed by atoms with van der Waals surface area (Å²) in [5, 5.41) is 24.3. The second-order valence-electron chi connectivity index (χ2n) is 4.81. The van der Waals surface area contributed by atoms with Crippen molar-refractivity contribution in [2.24, 2.45) is 0 Å². The lowest BCUT2D eigenvalue weighted by Crippen LogP contribution is -2.15. The van der Waals surface area contributed by atoms with Crippen LogP contribution in [0.3, 0.4) is 0 Å². The Morgan fingerprint density at radius 2 is 2.19 bits per heavy atom. The predicted octanol–water partition coefficient (Wildman–Crippen LogP) is 1.68. The average Bonchev–Trinajstić information content (AvgIpc) is 3.16. The van der Waals surface area contributed by atoms with Crippen molar-refractivity contribution in [3.05, 3.63) is 5.01 Å². The molecule has 1 amide bonds. The normalized spacial score (nSPS) is 15.5. The molecular formula is C11H15N7OS2. The highest BCUT2D eigenvalue weighted by Crippen LogP contribution is 2.31. The molecule has 112 valence electrons. The Morgan fingerprint density at radius 1 is 1.38 bits per heavy atom. The van der Waals surface area contributed by atoms with Crippen LogP contribution in [0.5, 0.6) is 0 Å². The summed E-state index contributed by atoms with van der Waals surface area (Å²) in [6.45, 7) is 1.85. The number of carbonyl (C=O) groups is 1. The first kappa shape index (κ1) is 14.4. The number of thioether (sulfide) groups is 1. The summed E-state index contributed by atoms with van der Waals surface area (Å²) < 4.78 is 1.85. The summed E-state index contributed by atoms with van der Waals surface area (Å²) >= 11 is 2.70. The van der Waals surface area contributed by atoms with Crippen LogP contribution in [0, 0.1) is 6.92 Å². The molecule has 0 saturated heterocycles. The van der Waals surface area contributed by atoms with Crippen LogP contribution in [0.25, 0.3) is 0 Å². The topological polar surface area (TPSA) is 98.5 Å². The largest absolute Gasteiger partial charge is 0.300 e. The van der Waals surface area contributed by atoms with E-state index >= 15 is 0 Å². The van der Waals surface area contributed by atoms with E-state index in [0.717, 1.165) is 17.8 Å². The molecule has 0 atom stereocenters. The Labute approximate surface area is 129 Å². The van der Waals surface area contributed by atoms with Crippen LogP contribution >= 0.6 is 23.1 Å². The van der Waals surface area contributed by atoms with Gasteiger partial charge in [-0.05, 0) is 30.2 Å². The number of anilines is 1. The number of amides is 1. The zero-order chi connectivity index (χ0) is 14.7. The van der Waals surface area contributed by atoms with Gasteiger partial charge in [0.15, 0.2) is 0 Å². The van der Waals surface area contributed by atoms with E-state index in [2.05, 4.69) is 31.0 Å². The molecule has 8 nitrogen and oxygen atoms in total. The van der Waals surface area contributed by atoms with E-state index in [1.165, 1.54) is 35.9 Å². The van der Waals surface area contributed by atoms with Crippen LogP contribution in [0.15, 0.2) is 5.16 Å². The first-order chi connectivity index (χ1) is 10.2. The molecule has 1 aliphatic rings. The molecule has 0 radical (unpaired) electrons. The molecule has 0 bridgehead atoms. The molecule has 3 rings (SSSR count). The summed E-state index contributed by atoms with van der Waals surface area (Å²) in [6, 6.07) is 0.372. The van der Waals surface area contributed by atoms with Crippen molar-refractivity contribution in [3.63, 3.8) is 0 Å². The second kappa shape index (κ2) is 6.48. The van der Waals surface area contributed by atoms with E-state index in [4.69, 9.17) is 0 Å². The summed E-state index contributed by atoms with van der Waals surface area (Å²) in [5.41, 5.74) is 0. The van der Waals surface area contributed by atoms with Gasteiger partial charge in [0, 0.05) is 0 Å². The third-order valence-corrected chi connectivity index (χ3v) is 4.93. The molecule has 2 aromatic heterocycles. The Hall–Kier alpha value is -1.55. The minimum Gasteiger partial charge on any atom is -0.300 e. The summed E-state index contributed by atoms with van der Waals surface area (Å²) in [4.78, 5) is 11.9. The highest BCUT2D eigenvalue weighted by Gasteiger charge is 2.22. The number of rotatable bonds is 5. The van der Waals surface area contributed by atoms with Crippen molar-refractivity contribution < 1.29 is 4.79 Å². The fourth-order valence-corrected chi connectivity index (χ4v) is 3.64. The first-order valence-corrected chi connectivity index (χ1v) is 8.53. The van der Waals surface area contributed by atoms with E-state index in [9.17, 15) is 4.79 Å². The third-order valence-electron chi connectivity index (χ3n) is 3.24. The van der Waals surface area contributed by atoms with Gasteiger partial charge in [0.05, 0.1) is 11.8 Å². The minimum absolute atomic E-state index is 0.128. The molecule has 2 heterocycles. The van der Waals surface area contributed by atoms with Gasteiger partial charge in [0.25, 0.3) is 0 Å². The van der Waals surface area contributed by atoms with Crippen LogP contribution in [0.2, 0.25) is 0 Å². The van der Waals surface area contributed by atoms with Crippen LogP contribution in [0.1, 0.15) is 36.7 Å². The predicted molar refractivity (Wildman–Crippen MR) is 79.3 cm³/mol.